The third-order valence-corrected chi connectivity index (χ3v) is 9.85. The van der Waals surface area contributed by atoms with E-state index in [1.807, 2.05) is 89.0 Å². The first-order valence-corrected chi connectivity index (χ1v) is 22.3. The van der Waals surface area contributed by atoms with Gasteiger partial charge in [0, 0.05) is 41.3 Å². The standard InChI is InChI=1S/C40H36N2.C10H16N2.C6H10.C2H6.C2H2/c1-6-10-21-39-34(9-4)36-24-25-41-28-40(36)42(39)32-22-23-35(38(27-32)31-19-15-12-16-20-31)33(8-3)37(26-29(5)7-2)30-17-13-11-14-18-30;1-3-5-12-10-7-9(2)4-6-11-8-10;1-3-5-6-4-2;2*1-2/h6-9,11-28H,4H2,1-3,5H3;4,6-8,10,12H,3,5H2,1-2H3;3-4,6H,1,5H2,2H3;1-2H3;1-2H/b29-7-,33-8-,37-26-;;6-4-;;. The van der Waals surface area contributed by atoms with Gasteiger partial charge in [-0.3, -0.25) is 9.98 Å². The molecule has 5 aromatic rings. The van der Waals surface area contributed by atoms with Crippen LogP contribution in [0.5, 0.6) is 0 Å². The molecule has 4 heteroatoms. The maximum atomic E-state index is 4.48. The van der Waals surface area contributed by atoms with Gasteiger partial charge in [-0.1, -0.05) is 154 Å². The van der Waals surface area contributed by atoms with Crippen molar-refractivity contribution in [3.8, 4) is 29.7 Å². The van der Waals surface area contributed by atoms with E-state index in [9.17, 15) is 0 Å². The SMILES string of the molecule is C#C.C=CC/C=C\C.C=Cc1c(C=C=CC)n(-c2ccc(C(=C/C)/C(=C\C(C)=C/C)c3ccccc3)c(-c3ccccc3)c2)c2cnccc12.CC.CCCNC1C=NC=CC(C)=C1. The maximum Gasteiger partial charge on any atom is 0.0724 e. The van der Waals surface area contributed by atoms with E-state index >= 15 is 0 Å². The Morgan fingerprint density at radius 1 is 0.906 bits per heavy atom. The predicted molar refractivity (Wildman–Crippen MR) is 287 cm³/mol. The average Bonchev–Trinajstić information content (AvgIpc) is 3.52. The quantitative estimate of drug-likeness (QED) is 0.0555. The highest BCUT2D eigenvalue weighted by atomic mass is 15.0. The molecule has 64 heavy (non-hydrogen) atoms. The zero-order valence-electron chi connectivity index (χ0n) is 39.9. The van der Waals surface area contributed by atoms with Crippen LogP contribution in [0.3, 0.4) is 0 Å². The molecule has 0 bridgehead atoms. The van der Waals surface area contributed by atoms with Crippen LogP contribution < -0.4 is 5.32 Å². The van der Waals surface area contributed by atoms with Crippen molar-refractivity contribution in [2.24, 2.45) is 4.99 Å². The molecule has 1 aliphatic rings. The summed E-state index contributed by atoms with van der Waals surface area (Å²) in [6.45, 7) is 27.3. The minimum atomic E-state index is 0.306. The van der Waals surface area contributed by atoms with Gasteiger partial charge < -0.3 is 9.88 Å². The third kappa shape index (κ3) is 15.7. The molecule has 0 fully saturated rings. The summed E-state index contributed by atoms with van der Waals surface area (Å²) in [6.07, 6.45) is 40.4. The van der Waals surface area contributed by atoms with E-state index in [0.29, 0.717) is 6.04 Å². The Labute approximate surface area is 386 Å². The molecule has 1 aliphatic heterocycles. The van der Waals surface area contributed by atoms with Gasteiger partial charge in [0.05, 0.1) is 23.4 Å². The number of rotatable bonds is 13. The number of benzene rings is 3. The van der Waals surface area contributed by atoms with Gasteiger partial charge in [-0.2, -0.15) is 0 Å². The molecule has 0 saturated carbocycles. The van der Waals surface area contributed by atoms with Crippen molar-refractivity contribution < 1.29 is 0 Å². The Kier molecular flexibility index (Phi) is 25.7. The van der Waals surface area contributed by atoms with Crippen LogP contribution in [0.15, 0.2) is 193 Å². The lowest BCUT2D eigenvalue weighted by molar-refractivity contribution is 0.684. The van der Waals surface area contributed by atoms with Crippen molar-refractivity contribution >= 4 is 40.4 Å². The van der Waals surface area contributed by atoms with E-state index in [4.69, 9.17) is 0 Å². The second kappa shape index (κ2) is 30.9. The number of nitrogens with zero attached hydrogens (tertiary/aromatic N) is 3. The molecule has 2 aromatic heterocycles. The third-order valence-electron chi connectivity index (χ3n) is 9.85. The Morgan fingerprint density at radius 2 is 1.61 bits per heavy atom. The fourth-order valence-corrected chi connectivity index (χ4v) is 6.78. The molecule has 4 nitrogen and oxygen atoms in total. The van der Waals surface area contributed by atoms with Gasteiger partial charge >= 0.3 is 0 Å². The fourth-order valence-electron chi connectivity index (χ4n) is 6.78. The smallest absolute Gasteiger partial charge is 0.0724 e. The number of pyridine rings is 1. The van der Waals surface area contributed by atoms with Gasteiger partial charge in [0.25, 0.3) is 0 Å². The molecule has 0 saturated heterocycles. The van der Waals surface area contributed by atoms with Crippen LogP contribution in [0.25, 0.3) is 51.0 Å². The number of aromatic nitrogens is 2. The second-order valence-corrected chi connectivity index (χ2v) is 14.2. The van der Waals surface area contributed by atoms with Crippen LogP contribution in [-0.4, -0.2) is 28.4 Å². The number of hydrogen-bond donors (Lipinski definition) is 1. The molecule has 1 atom stereocenters. The number of aliphatic imine (C=N–C) groups is 1. The van der Waals surface area contributed by atoms with Crippen LogP contribution in [0.4, 0.5) is 0 Å². The number of nitrogens with one attached hydrogen (secondary N) is 1. The molecule has 0 amide bonds. The van der Waals surface area contributed by atoms with Gasteiger partial charge in [-0.05, 0) is 125 Å². The van der Waals surface area contributed by atoms with Crippen molar-refractivity contribution in [1.82, 2.24) is 14.9 Å². The summed E-state index contributed by atoms with van der Waals surface area (Å²) >= 11 is 0. The molecule has 0 radical (unpaired) electrons. The van der Waals surface area contributed by atoms with Gasteiger partial charge in [-0.15, -0.1) is 25.2 Å². The van der Waals surface area contributed by atoms with E-state index < -0.39 is 0 Å². The Morgan fingerprint density at radius 3 is 2.20 bits per heavy atom. The minimum absolute atomic E-state index is 0.306. The first-order chi connectivity index (χ1) is 31.3. The largest absolute Gasteiger partial charge is 0.307 e. The zero-order chi connectivity index (χ0) is 47.1. The molecule has 6 rings (SSSR count). The summed E-state index contributed by atoms with van der Waals surface area (Å²) in [4.78, 5) is 8.62. The lowest BCUT2D eigenvalue weighted by atomic mass is 9.86. The summed E-state index contributed by atoms with van der Waals surface area (Å²) in [5, 5.41) is 4.49. The lowest BCUT2D eigenvalue weighted by Gasteiger charge is -2.20. The summed E-state index contributed by atoms with van der Waals surface area (Å²) in [7, 11) is 0. The highest BCUT2D eigenvalue weighted by Gasteiger charge is 2.19. The second-order valence-electron chi connectivity index (χ2n) is 14.2. The summed E-state index contributed by atoms with van der Waals surface area (Å²) in [6, 6.07) is 30.4. The molecule has 1 N–H and O–H groups in total. The highest BCUT2D eigenvalue weighted by molar-refractivity contribution is 6.08. The first kappa shape index (κ1) is 53.1. The number of fused-ring (bicyclic) bond motifs is 1. The van der Waals surface area contributed by atoms with Crippen molar-refractivity contribution in [2.45, 2.75) is 81.2 Å². The van der Waals surface area contributed by atoms with Crippen LogP contribution in [0.2, 0.25) is 0 Å². The van der Waals surface area contributed by atoms with Crippen LogP contribution in [0.1, 0.15) is 97.5 Å². The Hall–Kier alpha value is -7.02. The molecule has 0 aliphatic carbocycles. The number of terminal acetylenes is 1. The van der Waals surface area contributed by atoms with E-state index in [1.54, 1.807) is 0 Å². The summed E-state index contributed by atoms with van der Waals surface area (Å²) < 4.78 is 2.26. The average molecular weight is 847 g/mol. The zero-order valence-corrected chi connectivity index (χ0v) is 39.9. The van der Waals surface area contributed by atoms with Crippen LogP contribution in [0, 0.1) is 12.8 Å². The van der Waals surface area contributed by atoms with Crippen LogP contribution >= 0.6 is 0 Å². The predicted octanol–water partition coefficient (Wildman–Crippen LogP) is 16.3. The molecular formula is C60H70N4. The molecular weight excluding hydrogens is 777 g/mol. The number of allylic oxidation sites excluding steroid dienone is 12. The van der Waals surface area contributed by atoms with Crippen LogP contribution in [-0.2, 0) is 0 Å². The van der Waals surface area contributed by atoms with Crippen molar-refractivity contribution in [1.29, 1.82) is 0 Å². The minimum Gasteiger partial charge on any atom is -0.307 e. The van der Waals surface area contributed by atoms with Crippen molar-refractivity contribution in [3.63, 3.8) is 0 Å². The monoisotopic (exact) mass is 847 g/mol. The van der Waals surface area contributed by atoms with E-state index in [1.165, 1.54) is 33.4 Å². The summed E-state index contributed by atoms with van der Waals surface area (Å²) in [5.74, 6) is 0. The van der Waals surface area contributed by atoms with Gasteiger partial charge in [0.15, 0.2) is 0 Å². The van der Waals surface area contributed by atoms with Gasteiger partial charge in [-0.25, -0.2) is 0 Å². The number of hydrogen-bond acceptors (Lipinski definition) is 3. The van der Waals surface area contributed by atoms with Gasteiger partial charge in [0.1, 0.15) is 0 Å². The topological polar surface area (TPSA) is 42.2 Å². The fraction of sp³-hybridized carbons (Fsp3) is 0.217. The first-order valence-electron chi connectivity index (χ1n) is 22.3. The van der Waals surface area contributed by atoms with Gasteiger partial charge in [0.2, 0.25) is 0 Å². The molecule has 1 unspecified atom stereocenters. The lowest BCUT2D eigenvalue weighted by Crippen LogP contribution is -2.29. The van der Waals surface area contributed by atoms with Crippen molar-refractivity contribution in [3.05, 3.63) is 211 Å². The molecule has 3 aromatic carbocycles. The summed E-state index contributed by atoms with van der Waals surface area (Å²) in [5.41, 5.74) is 17.0. The molecule has 0 spiro atoms. The Bertz CT molecular complexity index is 2500. The normalized spacial score (nSPS) is 13.2. The van der Waals surface area contributed by atoms with E-state index in [2.05, 4.69) is 202 Å². The highest BCUT2D eigenvalue weighted by Crippen LogP contribution is 2.40. The molecule has 330 valence electrons. The van der Waals surface area contributed by atoms with Crippen molar-refractivity contribution in [2.75, 3.05) is 6.54 Å². The Balaban J connectivity index is 0.000000529. The van der Waals surface area contributed by atoms with E-state index in [-0.39, 0.29) is 0 Å². The van der Waals surface area contributed by atoms with E-state index in [0.717, 1.165) is 58.4 Å². The molecule has 3 heterocycles. The maximum absolute atomic E-state index is 4.48.